The van der Waals surface area contributed by atoms with Crippen molar-refractivity contribution >= 4 is 23.7 Å². The van der Waals surface area contributed by atoms with E-state index in [1.165, 1.54) is 10.6 Å². The van der Waals surface area contributed by atoms with Gasteiger partial charge in [-0.2, -0.15) is 4.99 Å². The lowest BCUT2D eigenvalue weighted by Gasteiger charge is -2.22. The molecule has 0 unspecified atom stereocenters. The summed E-state index contributed by atoms with van der Waals surface area (Å²) in [6.07, 6.45) is 4.01. The minimum atomic E-state index is -0.458. The van der Waals surface area contributed by atoms with Crippen LogP contribution in [0.1, 0.15) is 30.0 Å². The Balaban J connectivity index is 1.29. The van der Waals surface area contributed by atoms with E-state index in [1.807, 2.05) is 43.3 Å². The monoisotopic (exact) mass is 431 g/mol. The van der Waals surface area contributed by atoms with Crippen molar-refractivity contribution < 1.29 is 19.1 Å². The Morgan fingerprint density at radius 1 is 1.06 bits per heavy atom. The van der Waals surface area contributed by atoms with Gasteiger partial charge in [-0.05, 0) is 56.2 Å². The molecule has 32 heavy (non-hydrogen) atoms. The highest BCUT2D eigenvalue weighted by molar-refractivity contribution is 6.32. The number of benzene rings is 2. The summed E-state index contributed by atoms with van der Waals surface area (Å²) >= 11 is 0. The summed E-state index contributed by atoms with van der Waals surface area (Å²) in [6.45, 7) is 6.96. The van der Waals surface area contributed by atoms with E-state index >= 15 is 0 Å². The lowest BCUT2D eigenvalue weighted by Crippen LogP contribution is -2.38. The maximum absolute atomic E-state index is 12.3. The van der Waals surface area contributed by atoms with Gasteiger partial charge in [-0.1, -0.05) is 29.8 Å². The van der Waals surface area contributed by atoms with Gasteiger partial charge in [0.05, 0.1) is 18.8 Å². The van der Waals surface area contributed by atoms with Crippen LogP contribution in [0.3, 0.4) is 0 Å². The van der Waals surface area contributed by atoms with Gasteiger partial charge in [-0.25, -0.2) is 0 Å². The van der Waals surface area contributed by atoms with E-state index < -0.39 is 5.91 Å². The van der Waals surface area contributed by atoms with Gasteiger partial charge in [0, 0.05) is 12.5 Å². The molecular formula is C25H25N3O4. The quantitative estimate of drug-likeness (QED) is 0.512. The van der Waals surface area contributed by atoms with E-state index in [-0.39, 0.29) is 11.4 Å². The SMILES string of the molecule is CC1=CC2=NC(=O)/C(=C/c3ccc(OCCCOc4ccc(C)cc4C)cc3)C(=N)N2O1. The van der Waals surface area contributed by atoms with E-state index in [9.17, 15) is 4.79 Å². The van der Waals surface area contributed by atoms with Gasteiger partial charge in [0.15, 0.2) is 11.7 Å². The van der Waals surface area contributed by atoms with Gasteiger partial charge in [0.1, 0.15) is 17.3 Å². The molecule has 2 aliphatic rings. The number of ether oxygens (including phenoxy) is 2. The number of nitrogens with one attached hydrogen (secondary N) is 1. The molecule has 0 saturated carbocycles. The summed E-state index contributed by atoms with van der Waals surface area (Å²) in [5.74, 6) is 2.06. The van der Waals surface area contributed by atoms with Crippen molar-refractivity contribution in [3.63, 3.8) is 0 Å². The zero-order valence-corrected chi connectivity index (χ0v) is 18.3. The number of fused-ring (bicyclic) bond motifs is 1. The van der Waals surface area contributed by atoms with Crippen molar-refractivity contribution in [2.75, 3.05) is 13.2 Å². The third-order valence-corrected chi connectivity index (χ3v) is 5.02. The first kappa shape index (κ1) is 21.4. The Morgan fingerprint density at radius 2 is 1.81 bits per heavy atom. The molecule has 164 valence electrons. The Kier molecular flexibility index (Phi) is 6.07. The summed E-state index contributed by atoms with van der Waals surface area (Å²) in [6, 6.07) is 13.5. The molecule has 2 aliphatic heterocycles. The molecule has 0 bridgehead atoms. The fraction of sp³-hybridized carbons (Fsp3) is 0.240. The predicted molar refractivity (Wildman–Crippen MR) is 123 cm³/mol. The molecule has 1 amide bonds. The largest absolute Gasteiger partial charge is 0.493 e. The lowest BCUT2D eigenvalue weighted by molar-refractivity contribution is -0.114. The number of allylic oxidation sites excluding steroid dienone is 1. The molecule has 2 aromatic rings. The Bertz CT molecular complexity index is 1150. The lowest BCUT2D eigenvalue weighted by atomic mass is 10.1. The fourth-order valence-corrected chi connectivity index (χ4v) is 3.42. The summed E-state index contributed by atoms with van der Waals surface area (Å²) in [5, 5.41) is 9.51. The van der Waals surface area contributed by atoms with E-state index in [1.54, 1.807) is 19.1 Å². The van der Waals surface area contributed by atoms with Gasteiger partial charge < -0.3 is 14.3 Å². The molecule has 2 aromatic carbocycles. The van der Waals surface area contributed by atoms with Crippen LogP contribution < -0.4 is 9.47 Å². The molecule has 4 rings (SSSR count). The Hall–Kier alpha value is -3.87. The average molecular weight is 431 g/mol. The highest BCUT2D eigenvalue weighted by Gasteiger charge is 2.34. The van der Waals surface area contributed by atoms with Crippen molar-refractivity contribution in [1.82, 2.24) is 5.06 Å². The number of amidine groups is 2. The smallest absolute Gasteiger partial charge is 0.282 e. The summed E-state index contributed by atoms with van der Waals surface area (Å²) < 4.78 is 11.6. The molecule has 0 aromatic heterocycles. The van der Waals surface area contributed by atoms with Crippen molar-refractivity contribution in [3.8, 4) is 11.5 Å². The molecule has 0 saturated heterocycles. The Morgan fingerprint density at radius 3 is 2.56 bits per heavy atom. The standard InChI is InChI=1S/C25H25N3O4/c1-16-5-10-22(17(2)13-16)31-12-4-11-30-20-8-6-19(7-9-20)15-21-24(26)28-23(27-25(21)29)14-18(3)32-28/h5-10,13-15,26H,4,11-12H2,1-3H3/b21-15+,26-24?. The third-order valence-electron chi connectivity index (χ3n) is 5.02. The zero-order valence-electron chi connectivity index (χ0n) is 18.3. The number of aryl methyl sites for hydroxylation is 2. The molecular weight excluding hydrogens is 406 g/mol. The number of rotatable bonds is 7. The molecule has 1 N–H and O–H groups in total. The van der Waals surface area contributed by atoms with Gasteiger partial charge in [-0.15, -0.1) is 5.06 Å². The number of hydroxylamine groups is 2. The predicted octanol–water partition coefficient (Wildman–Crippen LogP) is 4.60. The van der Waals surface area contributed by atoms with Crippen molar-refractivity contribution in [1.29, 1.82) is 5.41 Å². The van der Waals surface area contributed by atoms with Crippen LogP contribution in [-0.4, -0.2) is 35.9 Å². The van der Waals surface area contributed by atoms with Crippen LogP contribution in [0.5, 0.6) is 11.5 Å². The fourth-order valence-electron chi connectivity index (χ4n) is 3.42. The second-order valence-corrected chi connectivity index (χ2v) is 7.71. The number of nitrogens with zero attached hydrogens (tertiary/aromatic N) is 2. The van der Waals surface area contributed by atoms with Crippen LogP contribution in [0.2, 0.25) is 0 Å². The molecule has 0 aliphatic carbocycles. The maximum atomic E-state index is 12.3. The van der Waals surface area contributed by atoms with E-state index in [0.29, 0.717) is 24.8 Å². The minimum absolute atomic E-state index is 0.0303. The van der Waals surface area contributed by atoms with Crippen LogP contribution in [-0.2, 0) is 9.63 Å². The molecule has 7 nitrogen and oxygen atoms in total. The number of hydrogen-bond donors (Lipinski definition) is 1. The normalized spacial score (nSPS) is 16.5. The minimum Gasteiger partial charge on any atom is -0.493 e. The molecule has 0 fully saturated rings. The van der Waals surface area contributed by atoms with E-state index in [2.05, 4.69) is 18.0 Å². The average Bonchev–Trinajstić information content (AvgIpc) is 3.13. The maximum Gasteiger partial charge on any atom is 0.282 e. The second-order valence-electron chi connectivity index (χ2n) is 7.71. The summed E-state index contributed by atoms with van der Waals surface area (Å²) in [4.78, 5) is 21.7. The Labute approximate surface area is 187 Å². The van der Waals surface area contributed by atoms with Crippen LogP contribution in [0.25, 0.3) is 6.08 Å². The first-order chi connectivity index (χ1) is 15.4. The first-order valence-corrected chi connectivity index (χ1v) is 10.4. The van der Waals surface area contributed by atoms with Crippen LogP contribution in [0, 0.1) is 19.3 Å². The first-order valence-electron chi connectivity index (χ1n) is 10.4. The van der Waals surface area contributed by atoms with E-state index in [0.717, 1.165) is 29.0 Å². The molecule has 7 heteroatoms. The molecule has 0 spiro atoms. The van der Waals surface area contributed by atoms with Gasteiger partial charge in [0.25, 0.3) is 5.91 Å². The number of aliphatic imine (C=N–C) groups is 1. The number of amides is 1. The van der Waals surface area contributed by atoms with Crippen LogP contribution >= 0.6 is 0 Å². The highest BCUT2D eigenvalue weighted by atomic mass is 16.7. The van der Waals surface area contributed by atoms with Gasteiger partial charge >= 0.3 is 0 Å². The summed E-state index contributed by atoms with van der Waals surface area (Å²) in [5.41, 5.74) is 3.29. The molecule has 2 heterocycles. The zero-order chi connectivity index (χ0) is 22.7. The number of carbonyl (C=O) groups excluding carboxylic acids is 1. The highest BCUT2D eigenvalue weighted by Crippen LogP contribution is 2.24. The van der Waals surface area contributed by atoms with E-state index in [4.69, 9.17) is 19.7 Å². The van der Waals surface area contributed by atoms with Crippen LogP contribution in [0.4, 0.5) is 0 Å². The third kappa shape index (κ3) is 4.72. The molecule has 0 radical (unpaired) electrons. The number of carbonyl (C=O) groups is 1. The summed E-state index contributed by atoms with van der Waals surface area (Å²) in [7, 11) is 0. The molecule has 0 atom stereocenters. The van der Waals surface area contributed by atoms with Crippen molar-refractivity contribution in [2.45, 2.75) is 27.2 Å². The van der Waals surface area contributed by atoms with Gasteiger partial charge in [-0.3, -0.25) is 10.2 Å². The number of hydrogen-bond acceptors (Lipinski definition) is 5. The topological polar surface area (TPSA) is 84.2 Å². The van der Waals surface area contributed by atoms with Crippen molar-refractivity contribution in [3.05, 3.63) is 76.6 Å². The van der Waals surface area contributed by atoms with Crippen LogP contribution in [0.15, 0.2) is 64.9 Å². The van der Waals surface area contributed by atoms with Gasteiger partial charge in [0.2, 0.25) is 0 Å². The second kappa shape index (κ2) is 9.09. The van der Waals surface area contributed by atoms with Crippen molar-refractivity contribution in [2.24, 2.45) is 4.99 Å².